The van der Waals surface area contributed by atoms with Crippen LogP contribution in [0.25, 0.3) is 0 Å². The number of likely N-dealkylation sites (tertiary alicyclic amines) is 1. The zero-order valence-corrected chi connectivity index (χ0v) is 15.5. The van der Waals surface area contributed by atoms with E-state index in [9.17, 15) is 4.79 Å². The van der Waals surface area contributed by atoms with Crippen LogP contribution in [0.3, 0.4) is 0 Å². The summed E-state index contributed by atoms with van der Waals surface area (Å²) < 4.78 is 5.96. The summed E-state index contributed by atoms with van der Waals surface area (Å²) >= 11 is 0. The molecule has 7 heteroatoms. The fourth-order valence-electron chi connectivity index (χ4n) is 4.14. The number of hydrogen-bond acceptors (Lipinski definition) is 6. The van der Waals surface area contributed by atoms with E-state index >= 15 is 0 Å². The zero-order chi connectivity index (χ0) is 18.5. The molecule has 4 rings (SSSR count). The van der Waals surface area contributed by atoms with Crippen molar-refractivity contribution in [1.82, 2.24) is 24.8 Å². The Labute approximate surface area is 159 Å². The number of carbonyl (C=O) groups is 1. The van der Waals surface area contributed by atoms with E-state index in [2.05, 4.69) is 25.9 Å². The van der Waals surface area contributed by atoms with Gasteiger partial charge < -0.3 is 9.64 Å². The molecule has 2 fully saturated rings. The van der Waals surface area contributed by atoms with Crippen LogP contribution in [0.4, 0.5) is 0 Å². The van der Waals surface area contributed by atoms with E-state index in [1.54, 1.807) is 18.6 Å². The lowest BCUT2D eigenvalue weighted by atomic mass is 9.80. The summed E-state index contributed by atoms with van der Waals surface area (Å²) in [6, 6.07) is 6.02. The van der Waals surface area contributed by atoms with Crippen molar-refractivity contribution in [3.05, 3.63) is 54.4 Å². The molecule has 27 heavy (non-hydrogen) atoms. The van der Waals surface area contributed by atoms with Crippen molar-refractivity contribution in [2.75, 3.05) is 39.4 Å². The van der Waals surface area contributed by atoms with Crippen molar-refractivity contribution in [3.63, 3.8) is 0 Å². The fourth-order valence-corrected chi connectivity index (χ4v) is 4.14. The number of nitrogens with zero attached hydrogens (tertiary/aromatic N) is 5. The Morgan fingerprint density at radius 1 is 1.15 bits per heavy atom. The molecule has 7 nitrogen and oxygen atoms in total. The van der Waals surface area contributed by atoms with Crippen molar-refractivity contribution in [3.8, 4) is 0 Å². The standard InChI is InChI=1S/C20H25N5O2/c26-19(18-12-21-7-8-23-18)25-9-3-5-20(15-25)14-24(10-11-27-16-20)13-17-4-1-2-6-22-17/h1-2,4,6-8,12H,3,5,9-11,13-16H2. The SMILES string of the molecule is O=C(c1cnccn1)N1CCCC2(COCCN(Cc3ccccn3)C2)C1. The van der Waals surface area contributed by atoms with Gasteiger partial charge in [-0.05, 0) is 25.0 Å². The molecule has 2 aromatic rings. The second kappa shape index (κ2) is 8.10. The summed E-state index contributed by atoms with van der Waals surface area (Å²) in [5.41, 5.74) is 1.44. The van der Waals surface area contributed by atoms with E-state index < -0.39 is 0 Å². The topological polar surface area (TPSA) is 71.5 Å². The first-order valence-corrected chi connectivity index (χ1v) is 9.49. The van der Waals surface area contributed by atoms with Gasteiger partial charge in [0.2, 0.25) is 0 Å². The van der Waals surface area contributed by atoms with Crippen molar-refractivity contribution < 1.29 is 9.53 Å². The number of amides is 1. The van der Waals surface area contributed by atoms with Crippen LogP contribution in [0.2, 0.25) is 0 Å². The van der Waals surface area contributed by atoms with Gasteiger partial charge in [-0.2, -0.15) is 0 Å². The highest BCUT2D eigenvalue weighted by atomic mass is 16.5. The van der Waals surface area contributed by atoms with E-state index in [1.165, 1.54) is 0 Å². The smallest absolute Gasteiger partial charge is 0.274 e. The number of hydrogen-bond donors (Lipinski definition) is 0. The molecule has 2 aliphatic heterocycles. The predicted molar refractivity (Wildman–Crippen MR) is 99.9 cm³/mol. The molecule has 0 saturated carbocycles. The Morgan fingerprint density at radius 3 is 2.93 bits per heavy atom. The highest BCUT2D eigenvalue weighted by Crippen LogP contribution is 2.33. The third kappa shape index (κ3) is 4.31. The van der Waals surface area contributed by atoms with Crippen molar-refractivity contribution in [2.24, 2.45) is 5.41 Å². The maximum Gasteiger partial charge on any atom is 0.274 e. The fraction of sp³-hybridized carbons (Fsp3) is 0.500. The molecule has 1 spiro atoms. The summed E-state index contributed by atoms with van der Waals surface area (Å²) in [6.07, 6.45) is 8.57. The molecule has 1 amide bonds. The van der Waals surface area contributed by atoms with Crippen LogP contribution in [-0.2, 0) is 11.3 Å². The molecule has 2 saturated heterocycles. The van der Waals surface area contributed by atoms with Crippen LogP contribution < -0.4 is 0 Å². The van der Waals surface area contributed by atoms with Crippen LogP contribution in [-0.4, -0.2) is 70.1 Å². The first-order valence-electron chi connectivity index (χ1n) is 9.49. The van der Waals surface area contributed by atoms with E-state index in [4.69, 9.17) is 4.74 Å². The van der Waals surface area contributed by atoms with Gasteiger partial charge in [-0.15, -0.1) is 0 Å². The largest absolute Gasteiger partial charge is 0.379 e. The first kappa shape index (κ1) is 18.0. The molecule has 0 radical (unpaired) electrons. The minimum Gasteiger partial charge on any atom is -0.379 e. The van der Waals surface area contributed by atoms with Gasteiger partial charge in [0.05, 0.1) is 25.1 Å². The zero-order valence-electron chi connectivity index (χ0n) is 15.5. The molecular weight excluding hydrogens is 342 g/mol. The molecule has 1 atom stereocenters. The molecule has 0 N–H and O–H groups in total. The molecule has 0 aliphatic carbocycles. The summed E-state index contributed by atoms with van der Waals surface area (Å²) in [4.78, 5) is 29.8. The molecule has 2 aromatic heterocycles. The Morgan fingerprint density at radius 2 is 2.11 bits per heavy atom. The van der Waals surface area contributed by atoms with Gasteiger partial charge in [0.25, 0.3) is 5.91 Å². The molecule has 0 bridgehead atoms. The Hall–Kier alpha value is -2.38. The number of aromatic nitrogens is 3. The van der Waals surface area contributed by atoms with E-state index in [0.717, 1.165) is 44.7 Å². The van der Waals surface area contributed by atoms with Crippen LogP contribution in [0.5, 0.6) is 0 Å². The lowest BCUT2D eigenvalue weighted by molar-refractivity contribution is 0.00665. The van der Waals surface area contributed by atoms with Crippen LogP contribution >= 0.6 is 0 Å². The van der Waals surface area contributed by atoms with Crippen LogP contribution in [0.1, 0.15) is 29.0 Å². The van der Waals surface area contributed by atoms with Crippen molar-refractivity contribution in [2.45, 2.75) is 19.4 Å². The average molecular weight is 367 g/mol. The lowest BCUT2D eigenvalue weighted by Crippen LogP contribution is -2.52. The highest BCUT2D eigenvalue weighted by Gasteiger charge is 2.40. The van der Waals surface area contributed by atoms with E-state index in [0.29, 0.717) is 25.5 Å². The van der Waals surface area contributed by atoms with E-state index in [1.807, 2.05) is 23.2 Å². The van der Waals surface area contributed by atoms with E-state index in [-0.39, 0.29) is 11.3 Å². The Bertz CT molecular complexity index is 757. The number of piperidine rings is 1. The number of rotatable bonds is 3. The Balaban J connectivity index is 1.47. The van der Waals surface area contributed by atoms with Gasteiger partial charge in [-0.25, -0.2) is 4.98 Å². The van der Waals surface area contributed by atoms with Gasteiger partial charge >= 0.3 is 0 Å². The molecule has 142 valence electrons. The summed E-state index contributed by atoms with van der Waals surface area (Å²) in [5, 5.41) is 0. The van der Waals surface area contributed by atoms with Gasteiger partial charge in [-0.1, -0.05) is 6.07 Å². The highest BCUT2D eigenvalue weighted by molar-refractivity contribution is 5.92. The lowest BCUT2D eigenvalue weighted by Gasteiger charge is -2.43. The minimum atomic E-state index is -0.0403. The monoisotopic (exact) mass is 367 g/mol. The van der Waals surface area contributed by atoms with Gasteiger partial charge in [-0.3, -0.25) is 19.7 Å². The van der Waals surface area contributed by atoms with Gasteiger partial charge in [0.1, 0.15) is 5.69 Å². The maximum absolute atomic E-state index is 12.8. The molecule has 2 aliphatic rings. The number of ether oxygens (including phenoxy) is 1. The van der Waals surface area contributed by atoms with Crippen LogP contribution in [0, 0.1) is 5.41 Å². The molecule has 1 unspecified atom stereocenters. The van der Waals surface area contributed by atoms with Gasteiger partial charge in [0.15, 0.2) is 0 Å². The molecule has 4 heterocycles. The second-order valence-corrected chi connectivity index (χ2v) is 7.51. The minimum absolute atomic E-state index is 0.0392. The predicted octanol–water partition coefficient (Wildman–Crippen LogP) is 1.63. The summed E-state index contributed by atoms with van der Waals surface area (Å²) in [6.45, 7) is 5.47. The molecular formula is C20H25N5O2. The van der Waals surface area contributed by atoms with Crippen LogP contribution in [0.15, 0.2) is 43.0 Å². The third-order valence-corrected chi connectivity index (χ3v) is 5.36. The first-order chi connectivity index (χ1) is 13.2. The third-order valence-electron chi connectivity index (χ3n) is 5.36. The normalized spacial score (nSPS) is 23.9. The quantitative estimate of drug-likeness (QED) is 0.821. The van der Waals surface area contributed by atoms with Gasteiger partial charge in [0, 0.05) is 56.7 Å². The average Bonchev–Trinajstić information content (AvgIpc) is 2.90. The van der Waals surface area contributed by atoms with Crippen molar-refractivity contribution in [1.29, 1.82) is 0 Å². The number of pyridine rings is 1. The second-order valence-electron chi connectivity index (χ2n) is 7.51. The van der Waals surface area contributed by atoms with Crippen molar-refractivity contribution >= 4 is 5.91 Å². The molecule has 0 aromatic carbocycles. The maximum atomic E-state index is 12.8. The number of carbonyl (C=O) groups excluding carboxylic acids is 1. The summed E-state index contributed by atoms with van der Waals surface area (Å²) in [7, 11) is 0. The Kier molecular flexibility index (Phi) is 5.40. The summed E-state index contributed by atoms with van der Waals surface area (Å²) in [5.74, 6) is -0.0392.